The number of carboxylic acid groups (broad SMARTS) is 1. The van der Waals surface area contributed by atoms with Gasteiger partial charge in [-0.15, -0.1) is 0 Å². The van der Waals surface area contributed by atoms with E-state index in [4.69, 9.17) is 5.11 Å². The molecule has 0 spiro atoms. The summed E-state index contributed by atoms with van der Waals surface area (Å²) in [6, 6.07) is 4.83. The Bertz CT molecular complexity index is 471. The summed E-state index contributed by atoms with van der Waals surface area (Å²) in [6.07, 6.45) is -0.234. The Labute approximate surface area is 118 Å². The third kappa shape index (κ3) is 4.64. The summed E-state index contributed by atoms with van der Waals surface area (Å²) < 4.78 is 12.9. The molecule has 0 radical (unpaired) electrons. The number of benzene rings is 1. The Hall–Kier alpha value is -1.91. The number of halogens is 1. The summed E-state index contributed by atoms with van der Waals surface area (Å²) >= 11 is 0. The van der Waals surface area contributed by atoms with Gasteiger partial charge in [0.25, 0.3) is 0 Å². The molecule has 2 atom stereocenters. The second-order valence-corrected chi connectivity index (χ2v) is 5.24. The summed E-state index contributed by atoms with van der Waals surface area (Å²) in [5, 5.41) is 11.7. The maximum Gasteiger partial charge on any atom is 0.305 e. The van der Waals surface area contributed by atoms with Crippen molar-refractivity contribution in [1.29, 1.82) is 0 Å². The number of carbonyl (C=O) groups is 2. The molecule has 0 bridgehead atoms. The van der Waals surface area contributed by atoms with E-state index in [-0.39, 0.29) is 24.2 Å². The van der Waals surface area contributed by atoms with E-state index in [1.807, 2.05) is 13.8 Å². The fourth-order valence-electron chi connectivity index (χ4n) is 1.73. The molecule has 2 unspecified atom stereocenters. The molecule has 110 valence electrons. The highest BCUT2D eigenvalue weighted by Crippen LogP contribution is 2.19. The van der Waals surface area contributed by atoms with Crippen molar-refractivity contribution in [2.75, 3.05) is 0 Å². The predicted molar refractivity (Wildman–Crippen MR) is 73.5 cm³/mol. The summed E-state index contributed by atoms with van der Waals surface area (Å²) in [7, 11) is 0. The maximum absolute atomic E-state index is 12.9. The van der Waals surface area contributed by atoms with Crippen molar-refractivity contribution in [2.45, 2.75) is 33.2 Å². The van der Waals surface area contributed by atoms with Crippen LogP contribution in [0.25, 0.3) is 0 Å². The lowest BCUT2D eigenvalue weighted by atomic mass is 9.95. The number of hydrogen-bond acceptors (Lipinski definition) is 2. The van der Waals surface area contributed by atoms with Gasteiger partial charge in [0.15, 0.2) is 0 Å². The number of rotatable bonds is 6. The third-order valence-electron chi connectivity index (χ3n) is 3.38. The molecule has 0 saturated heterocycles. The van der Waals surface area contributed by atoms with Crippen LogP contribution in [-0.4, -0.2) is 17.0 Å². The molecule has 0 aliphatic heterocycles. The highest BCUT2D eigenvalue weighted by Gasteiger charge is 2.22. The fourth-order valence-corrected chi connectivity index (χ4v) is 1.73. The number of hydrogen-bond donors (Lipinski definition) is 2. The molecule has 1 aromatic carbocycles. The van der Waals surface area contributed by atoms with Gasteiger partial charge in [-0.1, -0.05) is 32.9 Å². The average molecular weight is 281 g/mol. The van der Waals surface area contributed by atoms with Crippen LogP contribution in [0.3, 0.4) is 0 Å². The minimum absolute atomic E-state index is 0.161. The minimum Gasteiger partial charge on any atom is -0.481 e. The monoisotopic (exact) mass is 281 g/mol. The normalized spacial score (nSPS) is 13.8. The van der Waals surface area contributed by atoms with Crippen molar-refractivity contribution in [3.8, 4) is 0 Å². The van der Waals surface area contributed by atoms with Gasteiger partial charge in [0, 0.05) is 5.92 Å². The topological polar surface area (TPSA) is 66.4 Å². The maximum atomic E-state index is 12.9. The lowest BCUT2D eigenvalue weighted by Gasteiger charge is -2.22. The van der Waals surface area contributed by atoms with Crippen LogP contribution in [0.4, 0.5) is 4.39 Å². The van der Waals surface area contributed by atoms with Crippen molar-refractivity contribution >= 4 is 11.9 Å². The van der Waals surface area contributed by atoms with Crippen LogP contribution in [0.5, 0.6) is 0 Å². The molecule has 1 rings (SSSR count). The van der Waals surface area contributed by atoms with Crippen molar-refractivity contribution < 1.29 is 19.1 Å². The van der Waals surface area contributed by atoms with Crippen molar-refractivity contribution in [3.05, 3.63) is 35.6 Å². The zero-order valence-electron chi connectivity index (χ0n) is 11.9. The molecule has 0 fully saturated rings. The van der Waals surface area contributed by atoms with E-state index >= 15 is 0 Å². The molecule has 0 heterocycles. The van der Waals surface area contributed by atoms with Gasteiger partial charge in [-0.25, -0.2) is 4.39 Å². The van der Waals surface area contributed by atoms with Crippen LogP contribution in [-0.2, 0) is 9.59 Å². The summed E-state index contributed by atoms with van der Waals surface area (Å²) in [5.41, 5.74) is 0.582. The lowest BCUT2D eigenvalue weighted by molar-refractivity contribution is -0.138. The van der Waals surface area contributed by atoms with Gasteiger partial charge in [-0.2, -0.15) is 0 Å². The van der Waals surface area contributed by atoms with Gasteiger partial charge in [0.05, 0.1) is 12.5 Å². The van der Waals surface area contributed by atoms with E-state index < -0.39 is 17.8 Å². The molecule has 1 amide bonds. The van der Waals surface area contributed by atoms with Crippen LogP contribution in [0.2, 0.25) is 0 Å². The molecule has 1 aromatic rings. The number of carboxylic acids is 1. The molecule has 0 aromatic heterocycles. The van der Waals surface area contributed by atoms with Gasteiger partial charge < -0.3 is 10.4 Å². The van der Waals surface area contributed by atoms with E-state index in [9.17, 15) is 14.0 Å². The third-order valence-corrected chi connectivity index (χ3v) is 3.38. The molecular weight excluding hydrogens is 261 g/mol. The zero-order chi connectivity index (χ0) is 15.3. The second-order valence-electron chi connectivity index (χ2n) is 5.24. The van der Waals surface area contributed by atoms with E-state index in [2.05, 4.69) is 5.32 Å². The SMILES string of the molecule is CC(C)C(C)C(=O)NC(CC(=O)O)c1ccc(F)cc1. The fraction of sp³-hybridized carbons (Fsp3) is 0.467. The lowest BCUT2D eigenvalue weighted by Crippen LogP contribution is -2.35. The summed E-state index contributed by atoms with van der Waals surface area (Å²) in [6.45, 7) is 5.64. The molecule has 0 aliphatic carbocycles. The second kappa shape index (κ2) is 7.03. The highest BCUT2D eigenvalue weighted by atomic mass is 19.1. The van der Waals surface area contributed by atoms with Crippen LogP contribution >= 0.6 is 0 Å². The van der Waals surface area contributed by atoms with Crippen LogP contribution in [0.1, 0.15) is 38.8 Å². The van der Waals surface area contributed by atoms with Gasteiger partial charge in [-0.3, -0.25) is 9.59 Å². The van der Waals surface area contributed by atoms with E-state index in [1.165, 1.54) is 24.3 Å². The average Bonchev–Trinajstić information content (AvgIpc) is 2.37. The van der Waals surface area contributed by atoms with E-state index in [0.717, 1.165) is 0 Å². The molecular formula is C15H20FNO3. The minimum atomic E-state index is -1.02. The summed E-state index contributed by atoms with van der Waals surface area (Å²) in [4.78, 5) is 22.9. The molecule has 4 nitrogen and oxygen atoms in total. The zero-order valence-corrected chi connectivity index (χ0v) is 11.9. The number of nitrogens with one attached hydrogen (secondary N) is 1. The standard InChI is InChI=1S/C15H20FNO3/c1-9(2)10(3)15(20)17-13(8-14(18)19)11-4-6-12(16)7-5-11/h4-7,9-10,13H,8H2,1-3H3,(H,17,20)(H,18,19). The van der Waals surface area contributed by atoms with Crippen molar-refractivity contribution in [2.24, 2.45) is 11.8 Å². The van der Waals surface area contributed by atoms with Gasteiger partial charge in [0.2, 0.25) is 5.91 Å². The molecule has 20 heavy (non-hydrogen) atoms. The first kappa shape index (κ1) is 16.1. The quantitative estimate of drug-likeness (QED) is 0.842. The smallest absolute Gasteiger partial charge is 0.305 e. The number of aliphatic carboxylic acids is 1. The first-order chi connectivity index (χ1) is 9.31. The van der Waals surface area contributed by atoms with E-state index in [1.54, 1.807) is 6.92 Å². The van der Waals surface area contributed by atoms with Gasteiger partial charge in [0.1, 0.15) is 5.82 Å². The number of amides is 1. The molecule has 0 aliphatic rings. The van der Waals surface area contributed by atoms with Crippen LogP contribution < -0.4 is 5.32 Å². The molecule has 0 saturated carbocycles. The summed E-state index contributed by atoms with van der Waals surface area (Å²) in [5.74, 6) is -1.67. The highest BCUT2D eigenvalue weighted by molar-refractivity contribution is 5.80. The van der Waals surface area contributed by atoms with Crippen molar-refractivity contribution in [3.63, 3.8) is 0 Å². The Morgan fingerprint density at radius 3 is 2.20 bits per heavy atom. The predicted octanol–water partition coefficient (Wildman–Crippen LogP) is 2.75. The molecule has 2 N–H and O–H groups in total. The Kier molecular flexibility index (Phi) is 5.67. The Morgan fingerprint density at radius 2 is 1.75 bits per heavy atom. The first-order valence-corrected chi connectivity index (χ1v) is 6.59. The van der Waals surface area contributed by atoms with Gasteiger partial charge >= 0.3 is 5.97 Å². The van der Waals surface area contributed by atoms with E-state index in [0.29, 0.717) is 5.56 Å². The van der Waals surface area contributed by atoms with Crippen molar-refractivity contribution in [1.82, 2.24) is 5.32 Å². The number of carbonyl (C=O) groups excluding carboxylic acids is 1. The largest absolute Gasteiger partial charge is 0.481 e. The Morgan fingerprint density at radius 1 is 1.20 bits per heavy atom. The Balaban J connectivity index is 2.87. The molecule has 5 heteroatoms. The van der Waals surface area contributed by atoms with Gasteiger partial charge in [-0.05, 0) is 23.6 Å². The first-order valence-electron chi connectivity index (χ1n) is 6.59. The van der Waals surface area contributed by atoms with Crippen LogP contribution in [0, 0.1) is 17.7 Å². The van der Waals surface area contributed by atoms with Crippen LogP contribution in [0.15, 0.2) is 24.3 Å².